The quantitative estimate of drug-likeness (QED) is 0.236. The summed E-state index contributed by atoms with van der Waals surface area (Å²) >= 11 is 1.21. The van der Waals surface area contributed by atoms with Gasteiger partial charge in [0.15, 0.2) is 10.8 Å². The fourth-order valence-electron chi connectivity index (χ4n) is 3.99. The van der Waals surface area contributed by atoms with Crippen LogP contribution in [-0.2, 0) is 4.74 Å². The molecule has 1 aromatic carbocycles. The van der Waals surface area contributed by atoms with Crippen molar-refractivity contribution in [2.75, 3.05) is 64.2 Å². The number of rotatable bonds is 9. The van der Waals surface area contributed by atoms with E-state index >= 15 is 0 Å². The van der Waals surface area contributed by atoms with E-state index in [1.165, 1.54) is 18.4 Å². The number of fused-ring (bicyclic) bond motifs is 1. The number of benzene rings is 1. The molecule has 1 saturated heterocycles. The summed E-state index contributed by atoms with van der Waals surface area (Å²) in [5.41, 5.74) is 1.41. The van der Waals surface area contributed by atoms with Crippen molar-refractivity contribution in [1.82, 2.24) is 30.4 Å². The lowest BCUT2D eigenvalue weighted by atomic mass is 10.2. The average Bonchev–Trinajstić information content (AvgIpc) is 3.64. The zero-order chi connectivity index (χ0) is 27.9. The van der Waals surface area contributed by atoms with Crippen LogP contribution in [0.4, 0.5) is 20.4 Å². The number of nitrogens with zero attached hydrogens (tertiary/aromatic N) is 4. The molecule has 15 heteroatoms. The molecular formula is C25H28N8O6S. The van der Waals surface area contributed by atoms with Gasteiger partial charge in [-0.05, 0) is 12.1 Å². The molecule has 0 aliphatic carbocycles. The standard InChI is InChI=1S/C25H28N8O6S/c1-36-15-3-4-17(20(11-15)37-2)30-23(34)31-24-27-14-21(40-24)18-12-19(16-13-28-32-22(16)29-18)39-25(35)26-5-6-33-7-9-38-10-8-33/h3-4,11-14H,5-10H2,1-2H3,(H,26,35)(H,28,29,32)(H2,27,30,31,34). The summed E-state index contributed by atoms with van der Waals surface area (Å²) in [6.07, 6.45) is 2.54. The molecule has 0 saturated carbocycles. The average molecular weight is 569 g/mol. The Hall–Kier alpha value is -4.47. The van der Waals surface area contributed by atoms with E-state index in [0.717, 1.165) is 13.1 Å². The number of aromatic amines is 1. The predicted molar refractivity (Wildman–Crippen MR) is 148 cm³/mol. The summed E-state index contributed by atoms with van der Waals surface area (Å²) in [6, 6.07) is 6.19. The topological polar surface area (TPSA) is 165 Å². The monoisotopic (exact) mass is 568 g/mol. The van der Waals surface area contributed by atoms with Crippen molar-refractivity contribution in [3.63, 3.8) is 0 Å². The second kappa shape index (κ2) is 12.6. The Morgan fingerprint density at radius 2 is 1.95 bits per heavy atom. The van der Waals surface area contributed by atoms with Crippen LogP contribution in [0.3, 0.4) is 0 Å². The summed E-state index contributed by atoms with van der Waals surface area (Å²) in [6.45, 7) is 4.21. The van der Waals surface area contributed by atoms with Crippen molar-refractivity contribution in [3.05, 3.63) is 36.7 Å². The summed E-state index contributed by atoms with van der Waals surface area (Å²) in [4.78, 5) is 36.8. The predicted octanol–water partition coefficient (Wildman–Crippen LogP) is 3.16. The first-order valence-electron chi connectivity index (χ1n) is 12.4. The van der Waals surface area contributed by atoms with Gasteiger partial charge in [0.25, 0.3) is 0 Å². The van der Waals surface area contributed by atoms with Crippen LogP contribution in [0.5, 0.6) is 17.2 Å². The van der Waals surface area contributed by atoms with Crippen molar-refractivity contribution in [3.8, 4) is 27.8 Å². The zero-order valence-corrected chi connectivity index (χ0v) is 22.7. The highest BCUT2D eigenvalue weighted by Gasteiger charge is 2.17. The molecule has 1 aliphatic rings. The molecule has 0 radical (unpaired) electrons. The SMILES string of the molecule is COc1ccc(NC(=O)Nc2ncc(-c3cc(OC(=O)NCCN4CCOCC4)c4cn[nH]c4n3)s2)c(OC)c1. The fourth-order valence-corrected chi connectivity index (χ4v) is 4.76. The number of methoxy groups -OCH3 is 2. The molecule has 4 N–H and O–H groups in total. The molecular weight excluding hydrogens is 540 g/mol. The van der Waals surface area contributed by atoms with E-state index < -0.39 is 12.1 Å². The lowest BCUT2D eigenvalue weighted by molar-refractivity contribution is 0.0385. The Bertz CT molecular complexity index is 1490. The van der Waals surface area contributed by atoms with E-state index in [2.05, 4.69) is 41.0 Å². The first-order valence-corrected chi connectivity index (χ1v) is 13.2. The Morgan fingerprint density at radius 1 is 1.10 bits per heavy atom. The number of anilines is 2. The highest BCUT2D eigenvalue weighted by atomic mass is 32.1. The van der Waals surface area contributed by atoms with Crippen molar-refractivity contribution in [2.45, 2.75) is 0 Å². The Labute approximate surface area is 233 Å². The maximum atomic E-state index is 12.6. The maximum absolute atomic E-state index is 12.6. The van der Waals surface area contributed by atoms with Crippen molar-refractivity contribution in [2.24, 2.45) is 0 Å². The van der Waals surface area contributed by atoms with Gasteiger partial charge in [0.2, 0.25) is 0 Å². The molecule has 1 aliphatic heterocycles. The molecule has 40 heavy (non-hydrogen) atoms. The van der Waals surface area contributed by atoms with Gasteiger partial charge in [0.1, 0.15) is 17.2 Å². The number of hydrogen-bond donors (Lipinski definition) is 4. The number of nitrogens with one attached hydrogen (secondary N) is 4. The number of carbonyl (C=O) groups excluding carboxylic acids is 2. The van der Waals surface area contributed by atoms with Gasteiger partial charge in [-0.2, -0.15) is 5.10 Å². The van der Waals surface area contributed by atoms with Crippen LogP contribution in [0.2, 0.25) is 0 Å². The summed E-state index contributed by atoms with van der Waals surface area (Å²) in [5, 5.41) is 15.9. The lowest BCUT2D eigenvalue weighted by Crippen LogP contribution is -2.41. The second-order valence-corrected chi connectivity index (χ2v) is 9.61. The minimum Gasteiger partial charge on any atom is -0.497 e. The molecule has 0 atom stereocenters. The van der Waals surface area contributed by atoms with Gasteiger partial charge in [0.05, 0.1) is 55.3 Å². The third kappa shape index (κ3) is 6.56. The molecule has 4 heterocycles. The molecule has 5 rings (SSSR count). The fraction of sp³-hybridized carbons (Fsp3) is 0.320. The van der Waals surface area contributed by atoms with Gasteiger partial charge in [0, 0.05) is 44.5 Å². The largest absolute Gasteiger partial charge is 0.497 e. The first-order chi connectivity index (χ1) is 19.5. The maximum Gasteiger partial charge on any atom is 0.412 e. The molecule has 4 aromatic rings. The van der Waals surface area contributed by atoms with Crippen LogP contribution in [0.15, 0.2) is 36.7 Å². The molecule has 3 amide bonds. The highest BCUT2D eigenvalue weighted by molar-refractivity contribution is 7.19. The number of morpholine rings is 1. The lowest BCUT2D eigenvalue weighted by Gasteiger charge is -2.26. The summed E-state index contributed by atoms with van der Waals surface area (Å²) < 4.78 is 21.4. The Kier molecular flexibility index (Phi) is 8.53. The zero-order valence-electron chi connectivity index (χ0n) is 21.9. The van der Waals surface area contributed by atoms with E-state index in [1.807, 2.05) is 0 Å². The Balaban J connectivity index is 1.23. The highest BCUT2D eigenvalue weighted by Crippen LogP contribution is 2.34. The van der Waals surface area contributed by atoms with Crippen LogP contribution < -0.4 is 30.2 Å². The normalized spacial score (nSPS) is 13.6. The Morgan fingerprint density at radius 3 is 2.75 bits per heavy atom. The van der Waals surface area contributed by atoms with Crippen LogP contribution in [0.1, 0.15) is 0 Å². The third-order valence-corrected chi connectivity index (χ3v) is 6.96. The van der Waals surface area contributed by atoms with Crippen molar-refractivity contribution < 1.29 is 28.5 Å². The van der Waals surface area contributed by atoms with Crippen molar-refractivity contribution >= 4 is 45.3 Å². The smallest absolute Gasteiger partial charge is 0.412 e. The molecule has 210 valence electrons. The van der Waals surface area contributed by atoms with E-state index in [1.54, 1.807) is 43.8 Å². The number of urea groups is 1. The number of amides is 3. The number of carbonyl (C=O) groups is 2. The van der Waals surface area contributed by atoms with Crippen LogP contribution in [0.25, 0.3) is 21.6 Å². The van der Waals surface area contributed by atoms with Gasteiger partial charge in [-0.1, -0.05) is 11.3 Å². The van der Waals surface area contributed by atoms with E-state index in [0.29, 0.717) is 76.0 Å². The number of ether oxygens (including phenoxy) is 4. The molecule has 0 bridgehead atoms. The molecule has 0 unspecified atom stereocenters. The minimum absolute atomic E-state index is 0.296. The van der Waals surface area contributed by atoms with Gasteiger partial charge in [-0.25, -0.2) is 19.6 Å². The molecule has 0 spiro atoms. The van der Waals surface area contributed by atoms with Gasteiger partial charge in [-0.3, -0.25) is 15.3 Å². The molecule has 3 aromatic heterocycles. The van der Waals surface area contributed by atoms with Crippen LogP contribution in [-0.4, -0.2) is 90.8 Å². The number of hydrogen-bond acceptors (Lipinski definition) is 11. The number of pyridine rings is 1. The van der Waals surface area contributed by atoms with Crippen LogP contribution >= 0.6 is 11.3 Å². The van der Waals surface area contributed by atoms with Gasteiger partial charge >= 0.3 is 12.1 Å². The third-order valence-electron chi connectivity index (χ3n) is 6.02. The van der Waals surface area contributed by atoms with Crippen LogP contribution in [0, 0.1) is 0 Å². The van der Waals surface area contributed by atoms with E-state index in [9.17, 15) is 9.59 Å². The molecule has 14 nitrogen and oxygen atoms in total. The van der Waals surface area contributed by atoms with Crippen molar-refractivity contribution in [1.29, 1.82) is 0 Å². The number of aromatic nitrogens is 4. The first kappa shape index (κ1) is 27.1. The van der Waals surface area contributed by atoms with Gasteiger partial charge < -0.3 is 29.6 Å². The molecule has 1 fully saturated rings. The van der Waals surface area contributed by atoms with E-state index in [4.69, 9.17) is 18.9 Å². The minimum atomic E-state index is -0.579. The summed E-state index contributed by atoms with van der Waals surface area (Å²) in [5.74, 6) is 1.34. The number of H-pyrrole nitrogens is 1. The summed E-state index contributed by atoms with van der Waals surface area (Å²) in [7, 11) is 3.05. The van der Waals surface area contributed by atoms with Gasteiger partial charge in [-0.15, -0.1) is 0 Å². The number of thiazole rings is 1. The second-order valence-electron chi connectivity index (χ2n) is 8.58. The van der Waals surface area contributed by atoms with E-state index in [-0.39, 0.29) is 0 Å².